The van der Waals surface area contributed by atoms with Gasteiger partial charge in [0, 0.05) is 30.4 Å². The minimum atomic E-state index is -3.77. The van der Waals surface area contributed by atoms with Crippen LogP contribution in [-0.2, 0) is 10.0 Å². The average molecular weight is 493 g/mol. The third-order valence-electron chi connectivity index (χ3n) is 5.96. The number of hydrogen-bond acceptors (Lipinski definition) is 4. The van der Waals surface area contributed by atoms with Gasteiger partial charge in [-0.2, -0.15) is 0 Å². The Morgan fingerprint density at radius 3 is 2.14 bits per heavy atom. The van der Waals surface area contributed by atoms with Crippen molar-refractivity contribution in [1.29, 1.82) is 0 Å². The van der Waals surface area contributed by atoms with E-state index in [2.05, 4.69) is 15.4 Å². The first-order valence-electron chi connectivity index (χ1n) is 11.4. The van der Waals surface area contributed by atoms with Crippen LogP contribution in [0.4, 0.5) is 16.2 Å². The summed E-state index contributed by atoms with van der Waals surface area (Å²) in [6, 6.07) is 22.0. The van der Waals surface area contributed by atoms with Crippen LogP contribution >= 0.6 is 0 Å². The molecule has 3 aromatic rings. The van der Waals surface area contributed by atoms with Crippen molar-refractivity contribution in [2.75, 3.05) is 23.1 Å². The van der Waals surface area contributed by atoms with E-state index < -0.39 is 10.0 Å². The van der Waals surface area contributed by atoms with Gasteiger partial charge in [-0.25, -0.2) is 13.2 Å². The van der Waals surface area contributed by atoms with E-state index in [0.717, 1.165) is 11.3 Å². The Hall–Kier alpha value is -3.85. The van der Waals surface area contributed by atoms with Gasteiger partial charge >= 0.3 is 6.03 Å². The van der Waals surface area contributed by atoms with Gasteiger partial charge in [0.15, 0.2) is 0 Å². The Bertz CT molecular complexity index is 1290. The number of benzene rings is 3. The highest BCUT2D eigenvalue weighted by atomic mass is 32.2. The predicted molar refractivity (Wildman–Crippen MR) is 136 cm³/mol. The maximum atomic E-state index is 12.7. The number of hydrogen-bond donors (Lipinski definition) is 3. The van der Waals surface area contributed by atoms with Crippen molar-refractivity contribution in [2.45, 2.75) is 30.7 Å². The zero-order valence-corrected chi connectivity index (χ0v) is 20.2. The van der Waals surface area contributed by atoms with Crippen molar-refractivity contribution in [3.05, 3.63) is 90.0 Å². The van der Waals surface area contributed by atoms with Crippen molar-refractivity contribution in [3.63, 3.8) is 0 Å². The first-order valence-corrected chi connectivity index (χ1v) is 12.9. The van der Waals surface area contributed by atoms with E-state index in [4.69, 9.17) is 0 Å². The summed E-state index contributed by atoms with van der Waals surface area (Å²) in [6.45, 7) is 2.89. The highest BCUT2D eigenvalue weighted by Crippen LogP contribution is 2.20. The summed E-state index contributed by atoms with van der Waals surface area (Å²) < 4.78 is 28.0. The summed E-state index contributed by atoms with van der Waals surface area (Å²) >= 11 is 0. The second kappa shape index (κ2) is 10.6. The number of rotatable bonds is 6. The molecule has 3 aromatic carbocycles. The van der Waals surface area contributed by atoms with E-state index >= 15 is 0 Å². The quantitative estimate of drug-likeness (QED) is 0.479. The molecule has 0 atom stereocenters. The Kier molecular flexibility index (Phi) is 7.36. The zero-order valence-electron chi connectivity index (χ0n) is 19.4. The summed E-state index contributed by atoms with van der Waals surface area (Å²) in [5.74, 6) is -0.270. The van der Waals surface area contributed by atoms with Crippen molar-refractivity contribution >= 4 is 33.3 Å². The lowest BCUT2D eigenvalue weighted by Crippen LogP contribution is -2.47. The van der Waals surface area contributed by atoms with Crippen LogP contribution < -0.4 is 15.4 Å². The molecule has 9 heteroatoms. The van der Waals surface area contributed by atoms with Crippen molar-refractivity contribution < 1.29 is 18.0 Å². The number of amides is 3. The molecule has 3 amide bonds. The van der Waals surface area contributed by atoms with Crippen LogP contribution in [0.25, 0.3) is 0 Å². The minimum Gasteiger partial charge on any atom is -0.349 e. The number of nitrogens with zero attached hydrogens (tertiary/aromatic N) is 1. The number of anilines is 2. The average Bonchev–Trinajstić information content (AvgIpc) is 2.86. The molecular formula is C26H28N4O4S. The van der Waals surface area contributed by atoms with E-state index in [1.54, 1.807) is 17.0 Å². The highest BCUT2D eigenvalue weighted by Gasteiger charge is 2.24. The number of sulfonamides is 1. The number of likely N-dealkylation sites (tertiary alicyclic amines) is 1. The van der Waals surface area contributed by atoms with E-state index in [9.17, 15) is 18.0 Å². The lowest BCUT2D eigenvalue weighted by molar-refractivity contribution is 0.0919. The standard InChI is InChI=1S/C26H28N4O4S/c1-19-7-5-6-10-24(19)29-35(33,34)23-13-11-20(12-14-23)25(31)27-22-15-17-30(18-16-22)26(32)28-21-8-3-2-4-9-21/h2-14,22,29H,15-18H2,1H3,(H,27,31)(H,28,32). The summed E-state index contributed by atoms with van der Waals surface area (Å²) in [6.07, 6.45) is 1.28. The first kappa shape index (κ1) is 24.3. The number of carbonyl (C=O) groups is 2. The third-order valence-corrected chi connectivity index (χ3v) is 7.34. The van der Waals surface area contributed by atoms with Gasteiger partial charge in [0.05, 0.1) is 10.6 Å². The van der Waals surface area contributed by atoms with Gasteiger partial charge in [-0.1, -0.05) is 36.4 Å². The van der Waals surface area contributed by atoms with Crippen molar-refractivity contribution in [3.8, 4) is 0 Å². The monoisotopic (exact) mass is 492 g/mol. The topological polar surface area (TPSA) is 108 Å². The number of carbonyl (C=O) groups excluding carboxylic acids is 2. The molecule has 1 heterocycles. The summed E-state index contributed by atoms with van der Waals surface area (Å²) in [7, 11) is -3.77. The van der Waals surface area contributed by atoms with E-state index in [-0.39, 0.29) is 22.9 Å². The van der Waals surface area contributed by atoms with Crippen LogP contribution in [0.15, 0.2) is 83.8 Å². The third kappa shape index (κ3) is 6.19. The van der Waals surface area contributed by atoms with Crippen LogP contribution in [0.5, 0.6) is 0 Å². The summed E-state index contributed by atoms with van der Waals surface area (Å²) in [5, 5.41) is 5.86. The Labute approximate surface area is 205 Å². The second-order valence-corrected chi connectivity index (χ2v) is 10.2. The van der Waals surface area contributed by atoms with Gasteiger partial charge in [-0.15, -0.1) is 0 Å². The van der Waals surface area contributed by atoms with Gasteiger partial charge in [0.1, 0.15) is 0 Å². The summed E-state index contributed by atoms with van der Waals surface area (Å²) in [4.78, 5) is 26.9. The predicted octanol–water partition coefficient (Wildman–Crippen LogP) is 4.22. The van der Waals surface area contributed by atoms with Gasteiger partial charge < -0.3 is 15.5 Å². The number of nitrogens with one attached hydrogen (secondary N) is 3. The highest BCUT2D eigenvalue weighted by molar-refractivity contribution is 7.92. The molecule has 4 rings (SSSR count). The number of para-hydroxylation sites is 2. The molecule has 35 heavy (non-hydrogen) atoms. The normalized spacial score (nSPS) is 14.3. The first-order chi connectivity index (χ1) is 16.8. The zero-order chi connectivity index (χ0) is 24.8. The van der Waals surface area contributed by atoms with Gasteiger partial charge in [-0.3, -0.25) is 9.52 Å². The largest absolute Gasteiger partial charge is 0.349 e. The molecule has 1 fully saturated rings. The maximum Gasteiger partial charge on any atom is 0.321 e. The number of aryl methyl sites for hydroxylation is 1. The number of urea groups is 1. The molecule has 1 aliphatic heterocycles. The molecular weight excluding hydrogens is 464 g/mol. The molecule has 0 aromatic heterocycles. The molecule has 1 saturated heterocycles. The van der Waals surface area contributed by atoms with Crippen LogP contribution in [0.1, 0.15) is 28.8 Å². The second-order valence-electron chi connectivity index (χ2n) is 8.48. The fourth-order valence-corrected chi connectivity index (χ4v) is 5.03. The maximum absolute atomic E-state index is 12.7. The van der Waals surface area contributed by atoms with E-state index in [1.807, 2.05) is 49.4 Å². The Morgan fingerprint density at radius 1 is 0.857 bits per heavy atom. The van der Waals surface area contributed by atoms with Gasteiger partial charge in [0.25, 0.3) is 15.9 Å². The summed E-state index contributed by atoms with van der Waals surface area (Å²) in [5.41, 5.74) is 2.45. The number of piperidine rings is 1. The van der Waals surface area contributed by atoms with Crippen LogP contribution in [0, 0.1) is 6.92 Å². The molecule has 0 unspecified atom stereocenters. The van der Waals surface area contributed by atoms with Crippen molar-refractivity contribution in [2.24, 2.45) is 0 Å². The fraction of sp³-hybridized carbons (Fsp3) is 0.231. The van der Waals surface area contributed by atoms with E-state index in [0.29, 0.717) is 37.2 Å². The molecule has 0 aliphatic carbocycles. The smallest absolute Gasteiger partial charge is 0.321 e. The molecule has 182 valence electrons. The molecule has 8 nitrogen and oxygen atoms in total. The fourth-order valence-electron chi connectivity index (χ4n) is 3.90. The lowest BCUT2D eigenvalue weighted by Gasteiger charge is -2.32. The Morgan fingerprint density at radius 2 is 1.49 bits per heavy atom. The molecule has 0 radical (unpaired) electrons. The van der Waals surface area contributed by atoms with Crippen molar-refractivity contribution in [1.82, 2.24) is 10.2 Å². The molecule has 3 N–H and O–H groups in total. The Balaban J connectivity index is 1.29. The molecule has 0 spiro atoms. The van der Waals surface area contributed by atoms with Gasteiger partial charge in [-0.05, 0) is 67.8 Å². The lowest BCUT2D eigenvalue weighted by atomic mass is 10.0. The van der Waals surface area contributed by atoms with Crippen LogP contribution in [0.3, 0.4) is 0 Å². The molecule has 0 bridgehead atoms. The molecule has 1 aliphatic rings. The molecule has 0 saturated carbocycles. The SMILES string of the molecule is Cc1ccccc1NS(=O)(=O)c1ccc(C(=O)NC2CCN(C(=O)Nc3ccccc3)CC2)cc1. The van der Waals surface area contributed by atoms with Crippen LogP contribution in [-0.4, -0.2) is 44.4 Å². The van der Waals surface area contributed by atoms with Crippen LogP contribution in [0.2, 0.25) is 0 Å². The van der Waals surface area contributed by atoms with E-state index in [1.165, 1.54) is 24.3 Å². The van der Waals surface area contributed by atoms with Gasteiger partial charge in [0.2, 0.25) is 0 Å². The minimum absolute atomic E-state index is 0.0607.